The first-order chi connectivity index (χ1) is 10.7. The number of hydrogen-bond donors (Lipinski definition) is 0. The van der Waals surface area contributed by atoms with Crippen LogP contribution in [0.2, 0.25) is 19.6 Å². The van der Waals surface area contributed by atoms with Crippen molar-refractivity contribution >= 4 is 8.32 Å². The molecule has 2 radical (unpaired) electrons. The van der Waals surface area contributed by atoms with E-state index in [0.29, 0.717) is 11.8 Å². The first kappa shape index (κ1) is 16.8. The fourth-order valence-corrected chi connectivity index (χ4v) is 5.74. The predicted molar refractivity (Wildman–Crippen MR) is 100 cm³/mol. The van der Waals surface area contributed by atoms with Crippen LogP contribution in [0.15, 0.2) is 42.7 Å². The van der Waals surface area contributed by atoms with Crippen LogP contribution in [-0.2, 0) is 4.43 Å². The Morgan fingerprint density at radius 1 is 1.09 bits per heavy atom. The lowest BCUT2D eigenvalue weighted by molar-refractivity contribution is 0.335. The summed E-state index contributed by atoms with van der Waals surface area (Å²) in [6.45, 7) is 15.9. The Balaban J connectivity index is 1.96. The Morgan fingerprint density at radius 2 is 1.70 bits per heavy atom. The van der Waals surface area contributed by atoms with Gasteiger partial charge in [-0.2, -0.15) is 0 Å². The summed E-state index contributed by atoms with van der Waals surface area (Å²) in [6.07, 6.45) is 3.92. The highest BCUT2D eigenvalue weighted by atomic mass is 28.4. The first-order valence-electron chi connectivity index (χ1n) is 8.90. The summed E-state index contributed by atoms with van der Waals surface area (Å²) in [5.74, 6) is 5.35. The van der Waals surface area contributed by atoms with Crippen molar-refractivity contribution in [3.8, 4) is 0 Å². The van der Waals surface area contributed by atoms with Crippen molar-refractivity contribution in [3.05, 3.63) is 60.1 Å². The van der Waals surface area contributed by atoms with Crippen molar-refractivity contribution < 1.29 is 4.43 Å². The van der Waals surface area contributed by atoms with Crippen LogP contribution in [0.4, 0.5) is 0 Å². The van der Waals surface area contributed by atoms with Gasteiger partial charge in [0.15, 0.2) is 0 Å². The van der Waals surface area contributed by atoms with Gasteiger partial charge in [0.1, 0.15) is 0 Å². The Morgan fingerprint density at radius 3 is 2.30 bits per heavy atom. The fraction of sp³-hybridized carbons (Fsp3) is 0.524. The molecule has 3 rings (SSSR count). The Hall–Kier alpha value is -1.02. The monoisotopic (exact) mass is 326 g/mol. The number of benzene rings is 1. The average Bonchev–Trinajstić information content (AvgIpc) is 2.93. The number of hydrogen-bond acceptors (Lipinski definition) is 1. The molecule has 0 aromatic heterocycles. The van der Waals surface area contributed by atoms with Crippen molar-refractivity contribution in [2.24, 2.45) is 17.3 Å². The molecule has 0 spiro atoms. The van der Waals surface area contributed by atoms with Gasteiger partial charge in [0.2, 0.25) is 8.32 Å². The summed E-state index contributed by atoms with van der Waals surface area (Å²) in [5.41, 5.74) is 1.46. The van der Waals surface area contributed by atoms with Gasteiger partial charge in [-0.15, -0.1) is 0 Å². The van der Waals surface area contributed by atoms with Crippen LogP contribution in [0, 0.1) is 29.1 Å². The topological polar surface area (TPSA) is 9.23 Å². The molecule has 0 bridgehead atoms. The van der Waals surface area contributed by atoms with Crippen molar-refractivity contribution in [2.45, 2.75) is 52.8 Å². The normalized spacial score (nSPS) is 27.9. The molecule has 1 aromatic rings. The molecule has 2 aliphatic carbocycles. The number of fused-ring (bicyclic) bond motifs is 1. The van der Waals surface area contributed by atoms with Crippen LogP contribution in [-0.4, -0.2) is 8.32 Å². The molecule has 124 valence electrons. The van der Waals surface area contributed by atoms with Crippen LogP contribution in [0.3, 0.4) is 0 Å². The zero-order chi connectivity index (χ0) is 16.8. The highest BCUT2D eigenvalue weighted by Crippen LogP contribution is 2.66. The Labute approximate surface area is 143 Å². The minimum absolute atomic E-state index is 0.0494. The predicted octanol–water partition coefficient (Wildman–Crippen LogP) is 6.00. The molecule has 2 atom stereocenters. The van der Waals surface area contributed by atoms with Gasteiger partial charge < -0.3 is 4.43 Å². The second-order valence-corrected chi connectivity index (χ2v) is 13.0. The molecule has 0 N–H and O–H groups in total. The summed E-state index contributed by atoms with van der Waals surface area (Å²) in [7, 11) is -1.63. The molecule has 0 saturated heterocycles. The van der Waals surface area contributed by atoms with Gasteiger partial charge in [0, 0.05) is 11.8 Å². The second kappa shape index (κ2) is 5.80. The molecule has 1 aromatic carbocycles. The van der Waals surface area contributed by atoms with Gasteiger partial charge >= 0.3 is 0 Å². The van der Waals surface area contributed by atoms with Crippen molar-refractivity contribution in [1.29, 1.82) is 0 Å². The highest BCUT2D eigenvalue weighted by molar-refractivity contribution is 6.70. The zero-order valence-corrected chi connectivity index (χ0v) is 16.3. The molecule has 2 fully saturated rings. The quantitative estimate of drug-likeness (QED) is 0.486. The zero-order valence-electron chi connectivity index (χ0n) is 15.3. The van der Waals surface area contributed by atoms with E-state index in [0.717, 1.165) is 5.76 Å². The molecule has 0 heterocycles. The molecule has 2 aliphatic rings. The maximum atomic E-state index is 6.34. The van der Waals surface area contributed by atoms with Gasteiger partial charge in [-0.1, -0.05) is 57.2 Å². The smallest absolute Gasteiger partial charge is 0.241 e. The SMILES string of the molecule is C=C(O[Si](C)(C)C)[C]1C2CCCC2[C](c2ccccc2)C1(C)C. The van der Waals surface area contributed by atoms with Crippen LogP contribution < -0.4 is 0 Å². The van der Waals surface area contributed by atoms with E-state index in [1.807, 2.05) is 0 Å². The van der Waals surface area contributed by atoms with E-state index in [1.165, 1.54) is 30.7 Å². The summed E-state index contributed by atoms with van der Waals surface area (Å²) < 4.78 is 6.34. The molecule has 23 heavy (non-hydrogen) atoms. The molecule has 0 aliphatic heterocycles. The fourth-order valence-electron chi connectivity index (χ4n) is 4.90. The van der Waals surface area contributed by atoms with Gasteiger partial charge in [-0.05, 0) is 55.3 Å². The molecule has 0 amide bonds. The summed E-state index contributed by atoms with van der Waals surface area (Å²) in [4.78, 5) is 0. The Kier molecular flexibility index (Phi) is 4.25. The van der Waals surface area contributed by atoms with Crippen LogP contribution >= 0.6 is 0 Å². The van der Waals surface area contributed by atoms with Crippen LogP contribution in [0.5, 0.6) is 0 Å². The highest BCUT2D eigenvalue weighted by Gasteiger charge is 2.59. The Bertz CT molecular complexity index is 569. The van der Waals surface area contributed by atoms with E-state index < -0.39 is 8.32 Å². The third-order valence-corrected chi connectivity index (χ3v) is 6.28. The van der Waals surface area contributed by atoms with Gasteiger partial charge in [0.05, 0.1) is 5.76 Å². The van der Waals surface area contributed by atoms with E-state index in [1.54, 1.807) is 5.92 Å². The van der Waals surface area contributed by atoms with E-state index >= 15 is 0 Å². The lowest BCUT2D eigenvalue weighted by Gasteiger charge is -2.37. The molecule has 2 unspecified atom stereocenters. The van der Waals surface area contributed by atoms with Gasteiger partial charge in [-0.25, -0.2) is 0 Å². The maximum absolute atomic E-state index is 6.34. The van der Waals surface area contributed by atoms with Crippen LogP contribution in [0.25, 0.3) is 0 Å². The largest absolute Gasteiger partial charge is 0.547 e. The van der Waals surface area contributed by atoms with Crippen molar-refractivity contribution in [2.75, 3.05) is 0 Å². The van der Waals surface area contributed by atoms with E-state index in [9.17, 15) is 0 Å². The van der Waals surface area contributed by atoms with Crippen molar-refractivity contribution in [3.63, 3.8) is 0 Å². The average molecular weight is 327 g/mol. The molecule has 2 saturated carbocycles. The lowest BCUT2D eigenvalue weighted by Crippen LogP contribution is -2.32. The van der Waals surface area contributed by atoms with E-state index in [4.69, 9.17) is 4.43 Å². The van der Waals surface area contributed by atoms with Gasteiger partial charge in [-0.3, -0.25) is 0 Å². The third-order valence-electron chi connectivity index (χ3n) is 5.42. The molecule has 1 nitrogen and oxygen atoms in total. The van der Waals surface area contributed by atoms with Gasteiger partial charge in [0.25, 0.3) is 0 Å². The summed E-state index contributed by atoms with van der Waals surface area (Å²) in [6, 6.07) is 11.0. The molecular formula is C21H30OSi. The standard InChI is InChI=1S/C21H30OSi/c1-15(22-23(4,5)6)19-17-13-10-14-18(17)20(21(19,2)3)16-11-8-7-9-12-16/h7-9,11-12,17-18H,1,10,13-14H2,2-6H3. The minimum Gasteiger partial charge on any atom is -0.547 e. The second-order valence-electron chi connectivity index (χ2n) is 8.60. The van der Waals surface area contributed by atoms with E-state index in [-0.39, 0.29) is 5.41 Å². The minimum atomic E-state index is -1.63. The third kappa shape index (κ3) is 3.02. The first-order valence-corrected chi connectivity index (χ1v) is 12.3. The van der Waals surface area contributed by atoms with Crippen molar-refractivity contribution in [1.82, 2.24) is 0 Å². The number of rotatable bonds is 4. The number of allylic oxidation sites excluding steroid dienone is 1. The van der Waals surface area contributed by atoms with Crippen LogP contribution in [0.1, 0.15) is 38.7 Å². The maximum Gasteiger partial charge on any atom is 0.241 e. The lowest BCUT2D eigenvalue weighted by atomic mass is 9.69. The van der Waals surface area contributed by atoms with E-state index in [2.05, 4.69) is 70.4 Å². The summed E-state index contributed by atoms with van der Waals surface area (Å²) in [5, 5.41) is 0. The summed E-state index contributed by atoms with van der Waals surface area (Å²) >= 11 is 0. The molecular weight excluding hydrogens is 296 g/mol. The molecule has 2 heteroatoms.